The van der Waals surface area contributed by atoms with Crippen molar-refractivity contribution in [2.75, 3.05) is 7.11 Å². The number of ether oxygens (including phenoxy) is 2. The zero-order valence-electron chi connectivity index (χ0n) is 11.9. The number of carbonyl (C=O) groups is 2. The van der Waals surface area contributed by atoms with Crippen molar-refractivity contribution in [1.29, 1.82) is 0 Å². The Morgan fingerprint density at radius 3 is 2.55 bits per heavy atom. The predicted octanol–water partition coefficient (Wildman–Crippen LogP) is 3.11. The van der Waals surface area contributed by atoms with E-state index in [4.69, 9.17) is 21.1 Å². The molecule has 1 atom stereocenters. The van der Waals surface area contributed by atoms with E-state index in [1.54, 1.807) is 39.0 Å². The Balaban J connectivity index is 2.95. The van der Waals surface area contributed by atoms with Gasteiger partial charge in [0.15, 0.2) is 0 Å². The number of hydrogen-bond acceptors (Lipinski definition) is 4. The lowest BCUT2D eigenvalue weighted by molar-refractivity contribution is -0.109. The molecule has 1 aromatic carbocycles. The molecule has 1 amide bonds. The minimum absolute atomic E-state index is 0.349. The number of nitrogens with one attached hydrogen (secondary N) is 1. The third-order valence-electron chi connectivity index (χ3n) is 2.34. The fraction of sp³-hybridized carbons (Fsp3) is 0.429. The number of amides is 1. The van der Waals surface area contributed by atoms with Crippen molar-refractivity contribution in [3.05, 3.63) is 28.8 Å². The summed E-state index contributed by atoms with van der Waals surface area (Å²) in [6.07, 6.45) is -0.0883. The molecule has 0 fully saturated rings. The lowest BCUT2D eigenvalue weighted by Crippen LogP contribution is -2.35. The molecule has 0 aliphatic rings. The summed E-state index contributed by atoms with van der Waals surface area (Å²) in [5, 5.41) is 2.84. The number of benzene rings is 1. The molecule has 0 aromatic heterocycles. The Hall–Kier alpha value is -1.75. The number of para-hydroxylation sites is 1. The van der Waals surface area contributed by atoms with Gasteiger partial charge in [-0.15, -0.1) is 0 Å². The molecule has 0 aliphatic carbocycles. The lowest BCUT2D eigenvalue weighted by Gasteiger charge is -2.22. The summed E-state index contributed by atoms with van der Waals surface area (Å²) >= 11 is 5.99. The molecule has 1 unspecified atom stereocenters. The van der Waals surface area contributed by atoms with E-state index in [1.165, 1.54) is 7.11 Å². The van der Waals surface area contributed by atoms with Gasteiger partial charge in [0.25, 0.3) is 0 Å². The van der Waals surface area contributed by atoms with Crippen LogP contribution in [0.5, 0.6) is 5.75 Å². The zero-order chi connectivity index (χ0) is 15.3. The fourth-order valence-corrected chi connectivity index (χ4v) is 1.86. The second-order valence-electron chi connectivity index (χ2n) is 5.12. The fourth-order valence-electron chi connectivity index (χ4n) is 1.61. The number of alkyl carbamates (subject to hydrolysis) is 1. The predicted molar refractivity (Wildman–Crippen MR) is 76.2 cm³/mol. The maximum atomic E-state index is 11.7. The normalized spacial score (nSPS) is 12.4. The Labute approximate surface area is 123 Å². The van der Waals surface area contributed by atoms with Crippen LogP contribution in [0.25, 0.3) is 0 Å². The van der Waals surface area contributed by atoms with E-state index < -0.39 is 17.7 Å². The molecule has 20 heavy (non-hydrogen) atoms. The quantitative estimate of drug-likeness (QED) is 0.868. The van der Waals surface area contributed by atoms with Gasteiger partial charge in [-0.2, -0.15) is 0 Å². The first-order chi connectivity index (χ1) is 9.28. The average Bonchev–Trinajstić information content (AvgIpc) is 2.33. The van der Waals surface area contributed by atoms with E-state index in [2.05, 4.69) is 5.32 Å². The first-order valence-corrected chi connectivity index (χ1v) is 6.43. The number of rotatable bonds is 4. The Bertz CT molecular complexity index is 496. The second kappa shape index (κ2) is 6.61. The summed E-state index contributed by atoms with van der Waals surface area (Å²) < 4.78 is 10.3. The van der Waals surface area contributed by atoms with Crippen molar-refractivity contribution in [1.82, 2.24) is 5.32 Å². The molecule has 0 heterocycles. The van der Waals surface area contributed by atoms with Crippen LogP contribution in [-0.4, -0.2) is 25.1 Å². The number of halogens is 1. The van der Waals surface area contributed by atoms with Crippen LogP contribution in [0.1, 0.15) is 32.4 Å². The molecule has 1 rings (SSSR count). The van der Waals surface area contributed by atoms with Crippen LogP contribution in [-0.2, 0) is 9.53 Å². The highest BCUT2D eigenvalue weighted by Crippen LogP contribution is 2.31. The molecule has 1 N–H and O–H groups in total. The SMILES string of the molecule is COc1c(Cl)cccc1C(C=O)NC(=O)OC(C)(C)C. The van der Waals surface area contributed by atoms with Gasteiger partial charge >= 0.3 is 6.09 Å². The minimum Gasteiger partial charge on any atom is -0.495 e. The van der Waals surface area contributed by atoms with Gasteiger partial charge in [0, 0.05) is 5.56 Å². The number of hydrogen-bond donors (Lipinski definition) is 1. The van der Waals surface area contributed by atoms with Gasteiger partial charge in [-0.3, -0.25) is 0 Å². The first kappa shape index (κ1) is 16.3. The summed E-state index contributed by atoms with van der Waals surface area (Å²) in [6.45, 7) is 5.22. The zero-order valence-corrected chi connectivity index (χ0v) is 12.7. The molecule has 0 aliphatic heterocycles. The standard InChI is InChI=1S/C14H18ClNO4/c1-14(2,3)20-13(18)16-11(8-17)9-6-5-7-10(15)12(9)19-4/h5-8,11H,1-4H3,(H,16,18). The summed E-state index contributed by atoms with van der Waals surface area (Å²) in [5.41, 5.74) is -0.170. The summed E-state index contributed by atoms with van der Waals surface area (Å²) in [7, 11) is 1.44. The summed E-state index contributed by atoms with van der Waals surface area (Å²) in [6, 6.07) is 4.08. The molecule has 6 heteroatoms. The van der Waals surface area contributed by atoms with Crippen molar-refractivity contribution < 1.29 is 19.1 Å². The molecule has 0 spiro atoms. The van der Waals surface area contributed by atoms with Crippen LogP contribution in [0.4, 0.5) is 4.79 Å². The molecular formula is C14H18ClNO4. The van der Waals surface area contributed by atoms with Gasteiger partial charge in [-0.1, -0.05) is 23.7 Å². The molecule has 0 saturated heterocycles. The highest BCUT2D eigenvalue weighted by atomic mass is 35.5. The van der Waals surface area contributed by atoms with E-state index in [0.717, 1.165) is 0 Å². The van der Waals surface area contributed by atoms with Gasteiger partial charge in [0.2, 0.25) is 0 Å². The van der Waals surface area contributed by atoms with Gasteiger partial charge < -0.3 is 19.6 Å². The maximum absolute atomic E-state index is 11.7. The monoisotopic (exact) mass is 299 g/mol. The van der Waals surface area contributed by atoms with Gasteiger partial charge in [0.1, 0.15) is 23.7 Å². The smallest absolute Gasteiger partial charge is 0.408 e. The third kappa shape index (κ3) is 4.42. The highest BCUT2D eigenvalue weighted by Gasteiger charge is 2.23. The van der Waals surface area contributed by atoms with Crippen molar-refractivity contribution in [3.8, 4) is 5.75 Å². The van der Waals surface area contributed by atoms with Crippen LogP contribution >= 0.6 is 11.6 Å². The van der Waals surface area contributed by atoms with Crippen molar-refractivity contribution in [2.24, 2.45) is 0 Å². The molecule has 0 radical (unpaired) electrons. The lowest BCUT2D eigenvalue weighted by atomic mass is 10.1. The Morgan fingerprint density at radius 1 is 1.40 bits per heavy atom. The van der Waals surface area contributed by atoms with E-state index in [-0.39, 0.29) is 0 Å². The average molecular weight is 300 g/mol. The van der Waals surface area contributed by atoms with Crippen molar-refractivity contribution >= 4 is 24.0 Å². The van der Waals surface area contributed by atoms with Crippen LogP contribution in [0, 0.1) is 0 Å². The molecule has 0 saturated carbocycles. The second-order valence-corrected chi connectivity index (χ2v) is 5.53. The van der Waals surface area contributed by atoms with Crippen LogP contribution in [0.15, 0.2) is 18.2 Å². The maximum Gasteiger partial charge on any atom is 0.408 e. The molecule has 1 aromatic rings. The van der Waals surface area contributed by atoms with Gasteiger partial charge in [-0.05, 0) is 26.8 Å². The van der Waals surface area contributed by atoms with E-state index in [9.17, 15) is 9.59 Å². The van der Waals surface area contributed by atoms with Crippen LogP contribution < -0.4 is 10.1 Å². The topological polar surface area (TPSA) is 64.6 Å². The Kier molecular flexibility index (Phi) is 5.39. The molecule has 0 bridgehead atoms. The van der Waals surface area contributed by atoms with E-state index in [0.29, 0.717) is 22.6 Å². The summed E-state index contributed by atoms with van der Waals surface area (Å²) in [4.78, 5) is 22.9. The largest absolute Gasteiger partial charge is 0.495 e. The van der Waals surface area contributed by atoms with Gasteiger partial charge in [0.05, 0.1) is 12.1 Å². The minimum atomic E-state index is -0.890. The van der Waals surface area contributed by atoms with E-state index >= 15 is 0 Å². The number of methoxy groups -OCH3 is 1. The molecule has 5 nitrogen and oxygen atoms in total. The van der Waals surface area contributed by atoms with Gasteiger partial charge in [-0.25, -0.2) is 4.79 Å². The molecule has 110 valence electrons. The Morgan fingerprint density at radius 2 is 2.05 bits per heavy atom. The van der Waals surface area contributed by atoms with Crippen molar-refractivity contribution in [2.45, 2.75) is 32.4 Å². The number of aldehydes is 1. The number of carbonyl (C=O) groups excluding carboxylic acids is 2. The van der Waals surface area contributed by atoms with Crippen LogP contribution in [0.2, 0.25) is 5.02 Å². The third-order valence-corrected chi connectivity index (χ3v) is 2.64. The molecular weight excluding hydrogens is 282 g/mol. The first-order valence-electron chi connectivity index (χ1n) is 6.05. The highest BCUT2D eigenvalue weighted by molar-refractivity contribution is 6.32. The van der Waals surface area contributed by atoms with Crippen LogP contribution in [0.3, 0.4) is 0 Å². The van der Waals surface area contributed by atoms with E-state index in [1.807, 2.05) is 0 Å². The van der Waals surface area contributed by atoms with Crippen molar-refractivity contribution in [3.63, 3.8) is 0 Å². The summed E-state index contributed by atoms with van der Waals surface area (Å²) in [5.74, 6) is 0.349.